The van der Waals surface area contributed by atoms with E-state index in [-0.39, 0.29) is 5.91 Å². The fourth-order valence-electron chi connectivity index (χ4n) is 2.43. The van der Waals surface area contributed by atoms with Gasteiger partial charge in [0.1, 0.15) is 4.32 Å². The molecule has 0 aliphatic carbocycles. The average Bonchev–Trinajstić information content (AvgIpc) is 2.98. The topological polar surface area (TPSA) is 60.3 Å². The predicted molar refractivity (Wildman–Crippen MR) is 90.6 cm³/mol. The molecule has 1 aromatic heterocycles. The van der Waals surface area contributed by atoms with Gasteiger partial charge in [0.05, 0.1) is 17.6 Å². The van der Waals surface area contributed by atoms with Crippen molar-refractivity contribution in [3.63, 3.8) is 0 Å². The van der Waals surface area contributed by atoms with Gasteiger partial charge in [0.2, 0.25) is 0 Å². The zero-order valence-electron chi connectivity index (χ0n) is 11.9. The molecule has 2 aromatic rings. The Hall–Kier alpha value is -2.12. The summed E-state index contributed by atoms with van der Waals surface area (Å²) in [6.45, 7) is 0. The third-order valence-corrected chi connectivity index (χ3v) is 4.54. The van der Waals surface area contributed by atoms with Gasteiger partial charge in [-0.05, 0) is 18.2 Å². The molecule has 1 fully saturated rings. The van der Waals surface area contributed by atoms with Crippen molar-refractivity contribution in [2.45, 2.75) is 0 Å². The van der Waals surface area contributed by atoms with E-state index in [4.69, 9.17) is 17.0 Å². The normalized spacial score (nSPS) is 16.4. The average molecular weight is 332 g/mol. The number of rotatable bonds is 2. The molecule has 1 aliphatic rings. The van der Waals surface area contributed by atoms with E-state index >= 15 is 0 Å². The number of esters is 1. The van der Waals surface area contributed by atoms with Crippen molar-refractivity contribution < 1.29 is 14.3 Å². The number of aromatic nitrogens is 1. The SMILES string of the molecule is COC(=O)c1cccc2c1c(/C=C1\SC(=S)NC1=O)cn2C. The third kappa shape index (κ3) is 2.42. The van der Waals surface area contributed by atoms with Crippen LogP contribution in [0.4, 0.5) is 0 Å². The minimum atomic E-state index is -0.407. The molecule has 0 spiro atoms. The Morgan fingerprint density at radius 3 is 2.86 bits per heavy atom. The van der Waals surface area contributed by atoms with Gasteiger partial charge in [0.25, 0.3) is 5.91 Å². The van der Waals surface area contributed by atoms with Gasteiger partial charge in [-0.25, -0.2) is 4.79 Å². The monoisotopic (exact) mass is 332 g/mol. The van der Waals surface area contributed by atoms with Gasteiger partial charge in [-0.2, -0.15) is 0 Å². The van der Waals surface area contributed by atoms with Crippen LogP contribution in [-0.4, -0.2) is 27.9 Å². The smallest absolute Gasteiger partial charge is 0.338 e. The van der Waals surface area contributed by atoms with E-state index in [2.05, 4.69) is 5.32 Å². The highest BCUT2D eigenvalue weighted by Crippen LogP contribution is 2.31. The summed E-state index contributed by atoms with van der Waals surface area (Å²) in [4.78, 5) is 24.3. The number of hydrogen-bond donors (Lipinski definition) is 1. The number of nitrogens with one attached hydrogen (secondary N) is 1. The molecule has 1 amide bonds. The Bertz CT molecular complexity index is 852. The van der Waals surface area contributed by atoms with Crippen LogP contribution < -0.4 is 5.32 Å². The second-order valence-electron chi connectivity index (χ2n) is 4.74. The second kappa shape index (κ2) is 5.58. The fourth-order valence-corrected chi connectivity index (χ4v) is 3.47. The molecule has 1 saturated heterocycles. The number of hydrogen-bond acceptors (Lipinski definition) is 5. The van der Waals surface area contributed by atoms with E-state index < -0.39 is 5.97 Å². The molecule has 0 unspecified atom stereocenters. The third-order valence-electron chi connectivity index (χ3n) is 3.38. The summed E-state index contributed by atoms with van der Waals surface area (Å²) in [7, 11) is 3.23. The van der Waals surface area contributed by atoms with E-state index in [9.17, 15) is 9.59 Å². The Labute approximate surface area is 136 Å². The first-order valence-corrected chi connectivity index (χ1v) is 7.65. The van der Waals surface area contributed by atoms with Crippen LogP contribution in [-0.2, 0) is 16.6 Å². The summed E-state index contributed by atoms with van der Waals surface area (Å²) >= 11 is 6.20. The molecule has 1 aliphatic heterocycles. The molecule has 3 rings (SSSR count). The van der Waals surface area contributed by atoms with Crippen LogP contribution in [0.1, 0.15) is 15.9 Å². The molecule has 0 bridgehead atoms. The number of ether oxygens (including phenoxy) is 1. The van der Waals surface area contributed by atoms with Crippen molar-refractivity contribution in [3.8, 4) is 0 Å². The van der Waals surface area contributed by atoms with Crippen LogP contribution in [0.2, 0.25) is 0 Å². The van der Waals surface area contributed by atoms with E-state index in [0.29, 0.717) is 14.8 Å². The standard InChI is InChI=1S/C15H12N2O3S2/c1-17-7-8(6-11-13(18)16-15(21)22-11)12-9(14(19)20-2)4-3-5-10(12)17/h3-7H,1-2H3,(H,16,18,21)/b11-6-. The van der Waals surface area contributed by atoms with Crippen molar-refractivity contribution in [2.24, 2.45) is 7.05 Å². The van der Waals surface area contributed by atoms with Crippen LogP contribution in [0.3, 0.4) is 0 Å². The first kappa shape index (κ1) is 14.8. The van der Waals surface area contributed by atoms with E-state index in [1.54, 1.807) is 18.2 Å². The number of carbonyl (C=O) groups is 2. The van der Waals surface area contributed by atoms with Gasteiger partial charge < -0.3 is 14.6 Å². The van der Waals surface area contributed by atoms with Crippen LogP contribution >= 0.6 is 24.0 Å². The highest BCUT2D eigenvalue weighted by molar-refractivity contribution is 8.26. The number of benzene rings is 1. The zero-order valence-corrected chi connectivity index (χ0v) is 13.5. The number of thioether (sulfide) groups is 1. The van der Waals surface area contributed by atoms with Gasteiger partial charge in [-0.15, -0.1) is 0 Å². The number of amides is 1. The first-order valence-electron chi connectivity index (χ1n) is 6.42. The van der Waals surface area contributed by atoms with Crippen molar-refractivity contribution in [1.29, 1.82) is 0 Å². The number of thiocarbonyl (C=S) groups is 1. The lowest BCUT2D eigenvalue weighted by atomic mass is 10.1. The van der Waals surface area contributed by atoms with E-state index in [0.717, 1.165) is 16.5 Å². The summed E-state index contributed by atoms with van der Waals surface area (Å²) in [6.07, 6.45) is 3.62. The Balaban J connectivity index is 2.22. The Morgan fingerprint density at radius 2 is 2.23 bits per heavy atom. The molecule has 112 valence electrons. The number of nitrogens with zero attached hydrogens (tertiary/aromatic N) is 1. The highest BCUT2D eigenvalue weighted by Gasteiger charge is 2.23. The fraction of sp³-hybridized carbons (Fsp3) is 0.133. The molecular weight excluding hydrogens is 320 g/mol. The van der Waals surface area contributed by atoms with E-state index in [1.165, 1.54) is 18.9 Å². The molecule has 7 heteroatoms. The van der Waals surface area contributed by atoms with Crippen molar-refractivity contribution in [3.05, 3.63) is 40.4 Å². The quantitative estimate of drug-likeness (QED) is 0.520. The van der Waals surface area contributed by atoms with Crippen LogP contribution in [0.15, 0.2) is 29.3 Å². The predicted octanol–water partition coefficient (Wildman–Crippen LogP) is 2.45. The first-order chi connectivity index (χ1) is 10.5. The number of fused-ring (bicyclic) bond motifs is 1. The van der Waals surface area contributed by atoms with Crippen molar-refractivity contribution in [1.82, 2.24) is 9.88 Å². The molecule has 5 nitrogen and oxygen atoms in total. The van der Waals surface area contributed by atoms with Crippen molar-refractivity contribution in [2.75, 3.05) is 7.11 Å². The lowest BCUT2D eigenvalue weighted by Gasteiger charge is -2.03. The summed E-state index contributed by atoms with van der Waals surface area (Å²) in [6, 6.07) is 5.43. The van der Waals surface area contributed by atoms with E-state index in [1.807, 2.05) is 23.9 Å². The van der Waals surface area contributed by atoms with Gasteiger partial charge in [-0.3, -0.25) is 4.79 Å². The number of carbonyl (C=O) groups excluding carboxylic acids is 2. The summed E-state index contributed by atoms with van der Waals surface area (Å²) in [5, 5.41) is 3.34. The summed E-state index contributed by atoms with van der Waals surface area (Å²) < 4.78 is 7.18. The van der Waals surface area contributed by atoms with Gasteiger partial charge >= 0.3 is 5.97 Å². The minimum Gasteiger partial charge on any atom is -0.465 e. The molecule has 0 radical (unpaired) electrons. The van der Waals surface area contributed by atoms with Crippen molar-refractivity contribution >= 4 is 57.2 Å². The molecule has 1 N–H and O–H groups in total. The van der Waals surface area contributed by atoms with Gasteiger partial charge in [0.15, 0.2) is 0 Å². The zero-order chi connectivity index (χ0) is 15.9. The molecule has 1 aromatic carbocycles. The summed E-state index contributed by atoms with van der Waals surface area (Å²) in [5.74, 6) is -0.627. The number of aryl methyl sites for hydroxylation is 1. The largest absolute Gasteiger partial charge is 0.465 e. The lowest BCUT2D eigenvalue weighted by Crippen LogP contribution is -2.17. The Morgan fingerprint density at radius 1 is 1.45 bits per heavy atom. The maximum Gasteiger partial charge on any atom is 0.338 e. The van der Waals surface area contributed by atoms with Crippen LogP contribution in [0.25, 0.3) is 17.0 Å². The van der Waals surface area contributed by atoms with Gasteiger partial charge in [-0.1, -0.05) is 30.0 Å². The second-order valence-corrected chi connectivity index (χ2v) is 6.46. The molecule has 0 atom stereocenters. The molecule has 2 heterocycles. The van der Waals surface area contributed by atoms with Gasteiger partial charge in [0, 0.05) is 29.7 Å². The minimum absolute atomic E-state index is 0.220. The summed E-state index contributed by atoms with van der Waals surface area (Å²) in [5.41, 5.74) is 2.14. The lowest BCUT2D eigenvalue weighted by molar-refractivity contribution is -0.115. The highest BCUT2D eigenvalue weighted by atomic mass is 32.2. The number of methoxy groups -OCH3 is 1. The van der Waals surface area contributed by atoms with Crippen LogP contribution in [0, 0.1) is 0 Å². The van der Waals surface area contributed by atoms with Crippen LogP contribution in [0.5, 0.6) is 0 Å². The maximum atomic E-state index is 12.0. The molecule has 0 saturated carbocycles. The molecular formula is C15H12N2O3S2. The maximum absolute atomic E-state index is 12.0. The Kier molecular flexibility index (Phi) is 3.76. The molecule has 22 heavy (non-hydrogen) atoms.